The Bertz CT molecular complexity index is 932. The summed E-state index contributed by atoms with van der Waals surface area (Å²) in [6, 6.07) is 7.56. The van der Waals surface area contributed by atoms with Crippen molar-refractivity contribution in [2.24, 2.45) is 0 Å². The first kappa shape index (κ1) is 15.1. The van der Waals surface area contributed by atoms with Gasteiger partial charge in [0, 0.05) is 17.8 Å². The molecule has 0 bridgehead atoms. The number of benzene rings is 1. The number of hydrogen-bond donors (Lipinski definition) is 0. The largest absolute Gasteiger partial charge is 0.496 e. The lowest BCUT2D eigenvalue weighted by Crippen LogP contribution is -2.42. The third-order valence-electron chi connectivity index (χ3n) is 4.21. The minimum Gasteiger partial charge on any atom is -0.496 e. The Morgan fingerprint density at radius 1 is 1.35 bits per heavy atom. The summed E-state index contributed by atoms with van der Waals surface area (Å²) in [4.78, 5) is 25.2. The van der Waals surface area contributed by atoms with Gasteiger partial charge in [-0.2, -0.15) is 5.26 Å². The highest BCUT2D eigenvalue weighted by atomic mass is 16.5. The predicted molar refractivity (Wildman–Crippen MR) is 84.8 cm³/mol. The summed E-state index contributed by atoms with van der Waals surface area (Å²) < 4.78 is 7.99. The Balaban J connectivity index is 2.20. The first-order valence-electron chi connectivity index (χ1n) is 7.47. The van der Waals surface area contributed by atoms with Crippen LogP contribution in [0.25, 0.3) is 0 Å². The van der Waals surface area contributed by atoms with E-state index in [1.54, 1.807) is 11.7 Å². The van der Waals surface area contributed by atoms with Gasteiger partial charge in [0.1, 0.15) is 17.4 Å². The number of aryl methyl sites for hydroxylation is 1. The monoisotopic (exact) mass is 311 g/mol. The van der Waals surface area contributed by atoms with E-state index < -0.39 is 5.56 Å². The number of hydrogen-bond acceptors (Lipinski definition) is 4. The van der Waals surface area contributed by atoms with Gasteiger partial charge in [0.2, 0.25) is 0 Å². The number of ether oxygens (including phenoxy) is 1. The van der Waals surface area contributed by atoms with Crippen LogP contribution >= 0.6 is 0 Å². The molecule has 0 fully saturated rings. The van der Waals surface area contributed by atoms with Crippen LogP contribution in [0.2, 0.25) is 0 Å². The van der Waals surface area contributed by atoms with E-state index in [4.69, 9.17) is 4.74 Å². The Morgan fingerprint density at radius 3 is 2.83 bits per heavy atom. The van der Waals surface area contributed by atoms with Crippen LogP contribution in [0.4, 0.5) is 0 Å². The molecule has 23 heavy (non-hydrogen) atoms. The van der Waals surface area contributed by atoms with Gasteiger partial charge in [-0.25, -0.2) is 4.79 Å². The maximum absolute atomic E-state index is 12.6. The van der Waals surface area contributed by atoms with Crippen molar-refractivity contribution in [3.8, 4) is 11.8 Å². The van der Waals surface area contributed by atoms with E-state index in [-0.39, 0.29) is 17.8 Å². The molecule has 0 saturated heterocycles. The molecule has 1 aromatic carbocycles. The molecule has 0 spiro atoms. The highest BCUT2D eigenvalue weighted by Gasteiger charge is 2.23. The molecule has 1 aromatic heterocycles. The molecule has 2 aromatic rings. The van der Waals surface area contributed by atoms with Crippen molar-refractivity contribution < 1.29 is 4.74 Å². The van der Waals surface area contributed by atoms with Crippen LogP contribution in [0.1, 0.15) is 28.8 Å². The second-order valence-corrected chi connectivity index (χ2v) is 5.68. The Kier molecular flexibility index (Phi) is 3.78. The third kappa shape index (κ3) is 2.44. The minimum atomic E-state index is -0.519. The van der Waals surface area contributed by atoms with Crippen LogP contribution < -0.4 is 16.0 Å². The molecule has 0 saturated carbocycles. The molecule has 0 N–H and O–H groups in total. The smallest absolute Gasteiger partial charge is 0.331 e. The molecule has 6 nitrogen and oxygen atoms in total. The van der Waals surface area contributed by atoms with Crippen molar-refractivity contribution in [3.05, 3.63) is 61.4 Å². The van der Waals surface area contributed by atoms with Gasteiger partial charge in [-0.3, -0.25) is 13.9 Å². The first-order valence-corrected chi connectivity index (χ1v) is 7.47. The standard InChI is InChI=1S/C17H17N3O3/c1-11-5-6-15(23-2)12(8-11)10-20-16(21)13(9-18)14-4-3-7-19(14)17(20)22/h5-6,8H,3-4,7,10H2,1-2H3. The highest BCUT2D eigenvalue weighted by Crippen LogP contribution is 2.20. The fraction of sp³-hybridized carbons (Fsp3) is 0.353. The van der Waals surface area contributed by atoms with Crippen molar-refractivity contribution in [2.45, 2.75) is 32.9 Å². The summed E-state index contributed by atoms with van der Waals surface area (Å²) in [7, 11) is 1.55. The van der Waals surface area contributed by atoms with Crippen LogP contribution in [0, 0.1) is 18.3 Å². The number of methoxy groups -OCH3 is 1. The molecule has 1 aliphatic rings. The van der Waals surface area contributed by atoms with Gasteiger partial charge in [-0.15, -0.1) is 0 Å². The summed E-state index contributed by atoms with van der Waals surface area (Å²) in [5, 5.41) is 9.31. The van der Waals surface area contributed by atoms with Crippen LogP contribution in [0.5, 0.6) is 5.75 Å². The minimum absolute atomic E-state index is 0.0775. The van der Waals surface area contributed by atoms with E-state index in [1.807, 2.05) is 31.2 Å². The van der Waals surface area contributed by atoms with Gasteiger partial charge in [-0.05, 0) is 25.8 Å². The van der Waals surface area contributed by atoms with Crippen molar-refractivity contribution in [1.29, 1.82) is 5.26 Å². The van der Waals surface area contributed by atoms with Crippen LogP contribution in [0.3, 0.4) is 0 Å². The van der Waals surface area contributed by atoms with Gasteiger partial charge in [0.25, 0.3) is 5.56 Å². The van der Waals surface area contributed by atoms with Gasteiger partial charge in [-0.1, -0.05) is 17.7 Å². The topological polar surface area (TPSA) is 77.0 Å². The summed E-state index contributed by atoms with van der Waals surface area (Å²) in [6.07, 6.45) is 1.38. The molecule has 0 atom stereocenters. The van der Waals surface area contributed by atoms with Gasteiger partial charge < -0.3 is 4.74 Å². The average molecular weight is 311 g/mol. The number of nitrogens with zero attached hydrogens (tertiary/aromatic N) is 3. The molecule has 0 unspecified atom stereocenters. The zero-order valence-electron chi connectivity index (χ0n) is 13.1. The Hall–Kier alpha value is -2.81. The molecule has 0 amide bonds. The lowest BCUT2D eigenvalue weighted by Gasteiger charge is -2.13. The van der Waals surface area contributed by atoms with Crippen molar-refractivity contribution in [2.75, 3.05) is 7.11 Å². The maximum atomic E-state index is 12.6. The molecule has 1 aliphatic heterocycles. The number of rotatable bonds is 3. The van der Waals surface area contributed by atoms with Gasteiger partial charge >= 0.3 is 5.69 Å². The molecular formula is C17H17N3O3. The number of fused-ring (bicyclic) bond motifs is 1. The SMILES string of the molecule is COc1ccc(C)cc1Cn1c(=O)c(C#N)c2n(c1=O)CCC2. The molecule has 3 rings (SSSR count). The number of nitriles is 1. The average Bonchev–Trinajstić information content (AvgIpc) is 3.01. The fourth-order valence-electron chi connectivity index (χ4n) is 3.09. The first-order chi connectivity index (χ1) is 11.1. The summed E-state index contributed by atoms with van der Waals surface area (Å²) in [6.45, 7) is 2.58. The molecule has 0 radical (unpaired) electrons. The van der Waals surface area contributed by atoms with E-state index in [0.717, 1.165) is 22.1 Å². The van der Waals surface area contributed by atoms with Gasteiger partial charge in [0.05, 0.1) is 13.7 Å². The lowest BCUT2D eigenvalue weighted by molar-refractivity contribution is 0.407. The zero-order chi connectivity index (χ0) is 16.6. The molecular weight excluding hydrogens is 294 g/mol. The van der Waals surface area contributed by atoms with E-state index in [1.165, 1.54) is 0 Å². The quantitative estimate of drug-likeness (QED) is 0.853. The van der Waals surface area contributed by atoms with E-state index in [0.29, 0.717) is 24.4 Å². The number of aromatic nitrogens is 2. The second-order valence-electron chi connectivity index (χ2n) is 5.68. The van der Waals surface area contributed by atoms with Crippen LogP contribution in [-0.4, -0.2) is 16.2 Å². The summed E-state index contributed by atoms with van der Waals surface area (Å²) in [5.41, 5.74) is 1.52. The second kappa shape index (κ2) is 5.76. The predicted octanol–water partition coefficient (Wildman–Crippen LogP) is 1.19. The zero-order valence-corrected chi connectivity index (χ0v) is 13.1. The van der Waals surface area contributed by atoms with E-state index in [9.17, 15) is 14.9 Å². The fourth-order valence-corrected chi connectivity index (χ4v) is 3.09. The maximum Gasteiger partial charge on any atom is 0.331 e. The van der Waals surface area contributed by atoms with Crippen molar-refractivity contribution in [1.82, 2.24) is 9.13 Å². The molecule has 6 heteroatoms. The summed E-state index contributed by atoms with van der Waals surface area (Å²) >= 11 is 0. The van der Waals surface area contributed by atoms with E-state index >= 15 is 0 Å². The molecule has 118 valence electrons. The third-order valence-corrected chi connectivity index (χ3v) is 4.21. The van der Waals surface area contributed by atoms with Crippen LogP contribution in [-0.2, 0) is 19.5 Å². The van der Waals surface area contributed by atoms with E-state index in [2.05, 4.69) is 0 Å². The molecule has 2 heterocycles. The Morgan fingerprint density at radius 2 is 2.13 bits per heavy atom. The lowest BCUT2D eigenvalue weighted by atomic mass is 10.1. The van der Waals surface area contributed by atoms with Crippen molar-refractivity contribution >= 4 is 0 Å². The van der Waals surface area contributed by atoms with Crippen molar-refractivity contribution in [3.63, 3.8) is 0 Å². The highest BCUT2D eigenvalue weighted by molar-refractivity contribution is 5.38. The molecule has 0 aliphatic carbocycles. The van der Waals surface area contributed by atoms with Crippen LogP contribution in [0.15, 0.2) is 27.8 Å². The summed E-state index contributed by atoms with van der Waals surface area (Å²) in [5.74, 6) is 0.617. The Labute approximate surface area is 133 Å². The van der Waals surface area contributed by atoms with Gasteiger partial charge in [0.15, 0.2) is 0 Å². The normalized spacial score (nSPS) is 12.7.